The van der Waals surface area contributed by atoms with E-state index in [0.29, 0.717) is 6.04 Å². The van der Waals surface area contributed by atoms with Crippen molar-refractivity contribution in [1.82, 2.24) is 10.2 Å². The number of piperidine rings is 1. The zero-order valence-corrected chi connectivity index (χ0v) is 10.5. The molecule has 0 aromatic heterocycles. The minimum absolute atomic E-state index is 0.713. The first-order valence-electron chi connectivity index (χ1n) is 6.22. The average Bonchev–Trinajstić information content (AvgIpc) is 2.26. The van der Waals surface area contributed by atoms with Gasteiger partial charge in [0.25, 0.3) is 0 Å². The van der Waals surface area contributed by atoms with Crippen LogP contribution >= 0.6 is 0 Å². The number of hydrogen-bond acceptors (Lipinski definition) is 3. The largest absolute Gasteiger partial charge is 0.385 e. The molecule has 0 aromatic carbocycles. The second-order valence-corrected chi connectivity index (χ2v) is 4.57. The van der Waals surface area contributed by atoms with Crippen molar-refractivity contribution in [3.63, 3.8) is 0 Å². The van der Waals surface area contributed by atoms with Gasteiger partial charge in [-0.25, -0.2) is 0 Å². The first kappa shape index (κ1) is 12.9. The molecule has 1 saturated heterocycles. The van der Waals surface area contributed by atoms with Gasteiger partial charge in [-0.3, -0.25) is 0 Å². The lowest BCUT2D eigenvalue weighted by Crippen LogP contribution is -2.48. The maximum Gasteiger partial charge on any atom is 0.0474 e. The molecule has 0 aliphatic carbocycles. The van der Waals surface area contributed by atoms with Crippen LogP contribution in [0.5, 0.6) is 0 Å². The Morgan fingerprint density at radius 1 is 1.47 bits per heavy atom. The second kappa shape index (κ2) is 7.20. The Bertz CT molecular complexity index is 164. The molecule has 1 aliphatic rings. The third-order valence-electron chi connectivity index (χ3n) is 3.37. The molecular weight excluding hydrogens is 188 g/mol. The minimum Gasteiger partial charge on any atom is -0.385 e. The highest BCUT2D eigenvalue weighted by atomic mass is 16.5. The number of methoxy groups -OCH3 is 1. The highest BCUT2D eigenvalue weighted by molar-refractivity contribution is 4.82. The van der Waals surface area contributed by atoms with Crippen LogP contribution in [0.15, 0.2) is 0 Å². The number of likely N-dealkylation sites (tertiary alicyclic amines) is 1. The Morgan fingerprint density at radius 3 is 2.87 bits per heavy atom. The summed E-state index contributed by atoms with van der Waals surface area (Å²) in [6.45, 7) is 10.3. The Balaban J connectivity index is 2.14. The van der Waals surface area contributed by atoms with Gasteiger partial charge >= 0.3 is 0 Å². The summed E-state index contributed by atoms with van der Waals surface area (Å²) in [5, 5.41) is 3.64. The van der Waals surface area contributed by atoms with Gasteiger partial charge in [0.15, 0.2) is 0 Å². The molecule has 0 amide bonds. The van der Waals surface area contributed by atoms with Crippen LogP contribution in [-0.4, -0.2) is 50.8 Å². The summed E-state index contributed by atoms with van der Waals surface area (Å²) in [6.07, 6.45) is 2.42. The van der Waals surface area contributed by atoms with Crippen molar-refractivity contribution in [2.75, 3.05) is 39.9 Å². The fourth-order valence-electron chi connectivity index (χ4n) is 2.33. The molecule has 3 heteroatoms. The first-order chi connectivity index (χ1) is 7.27. The van der Waals surface area contributed by atoms with Crippen molar-refractivity contribution in [2.45, 2.75) is 32.7 Å². The number of rotatable bonds is 6. The third-order valence-corrected chi connectivity index (χ3v) is 3.37. The molecule has 0 saturated carbocycles. The van der Waals surface area contributed by atoms with Crippen LogP contribution in [0.2, 0.25) is 0 Å². The van der Waals surface area contributed by atoms with E-state index in [1.165, 1.54) is 26.1 Å². The van der Waals surface area contributed by atoms with Crippen molar-refractivity contribution in [2.24, 2.45) is 5.92 Å². The lowest BCUT2D eigenvalue weighted by atomic mass is 9.94. The van der Waals surface area contributed by atoms with Crippen LogP contribution in [0.4, 0.5) is 0 Å². The first-order valence-corrected chi connectivity index (χ1v) is 6.22. The molecule has 90 valence electrons. The van der Waals surface area contributed by atoms with Crippen molar-refractivity contribution < 1.29 is 4.74 Å². The number of nitrogens with one attached hydrogen (secondary N) is 1. The van der Waals surface area contributed by atoms with Gasteiger partial charge in [-0.05, 0) is 38.4 Å². The normalized spacial score (nSPS) is 28.2. The number of hydrogen-bond donors (Lipinski definition) is 1. The monoisotopic (exact) mass is 214 g/mol. The molecule has 0 radical (unpaired) electrons. The van der Waals surface area contributed by atoms with Gasteiger partial charge in [0.05, 0.1) is 0 Å². The lowest BCUT2D eigenvalue weighted by molar-refractivity contribution is 0.148. The summed E-state index contributed by atoms with van der Waals surface area (Å²) >= 11 is 0. The van der Waals surface area contributed by atoms with Gasteiger partial charge in [0.2, 0.25) is 0 Å². The maximum atomic E-state index is 5.04. The van der Waals surface area contributed by atoms with Crippen LogP contribution < -0.4 is 5.32 Å². The van der Waals surface area contributed by atoms with Crippen LogP contribution in [0.1, 0.15) is 26.7 Å². The zero-order valence-electron chi connectivity index (χ0n) is 10.5. The summed E-state index contributed by atoms with van der Waals surface area (Å²) in [5.41, 5.74) is 0. The number of nitrogens with zero attached hydrogens (tertiary/aromatic N) is 1. The van der Waals surface area contributed by atoms with Gasteiger partial charge < -0.3 is 15.0 Å². The molecule has 15 heavy (non-hydrogen) atoms. The average molecular weight is 214 g/mol. The molecule has 1 rings (SSSR count). The molecule has 1 N–H and O–H groups in total. The fraction of sp³-hybridized carbons (Fsp3) is 1.00. The Labute approximate surface area is 94.2 Å². The predicted octanol–water partition coefficient (Wildman–Crippen LogP) is 1.34. The fourth-order valence-corrected chi connectivity index (χ4v) is 2.33. The summed E-state index contributed by atoms with van der Waals surface area (Å²) in [6, 6.07) is 0.713. The standard InChI is InChI=1S/C12H26N2O/c1-4-14-8-6-12(11(2)10-14)13-7-5-9-15-3/h11-13H,4-10H2,1-3H3. The third kappa shape index (κ3) is 4.49. The van der Waals surface area contributed by atoms with Crippen LogP contribution in [0.3, 0.4) is 0 Å². The molecule has 1 aliphatic heterocycles. The van der Waals surface area contributed by atoms with E-state index in [-0.39, 0.29) is 0 Å². The number of ether oxygens (including phenoxy) is 1. The zero-order chi connectivity index (χ0) is 11.1. The van der Waals surface area contributed by atoms with E-state index in [0.717, 1.165) is 25.5 Å². The molecule has 2 unspecified atom stereocenters. The van der Waals surface area contributed by atoms with Gasteiger partial charge in [-0.1, -0.05) is 13.8 Å². The van der Waals surface area contributed by atoms with E-state index in [1.54, 1.807) is 7.11 Å². The summed E-state index contributed by atoms with van der Waals surface area (Å²) < 4.78 is 5.04. The van der Waals surface area contributed by atoms with Crippen LogP contribution in [0.25, 0.3) is 0 Å². The van der Waals surface area contributed by atoms with Crippen molar-refractivity contribution in [1.29, 1.82) is 0 Å². The summed E-state index contributed by atoms with van der Waals surface area (Å²) in [7, 11) is 1.77. The molecule has 3 nitrogen and oxygen atoms in total. The Kier molecular flexibility index (Phi) is 6.22. The molecule has 2 atom stereocenters. The van der Waals surface area contributed by atoms with Crippen molar-refractivity contribution in [3.8, 4) is 0 Å². The van der Waals surface area contributed by atoms with Gasteiger partial charge in [-0.15, -0.1) is 0 Å². The smallest absolute Gasteiger partial charge is 0.0474 e. The summed E-state index contributed by atoms with van der Waals surface area (Å²) in [5.74, 6) is 0.779. The van der Waals surface area contributed by atoms with E-state index in [1.807, 2.05) is 0 Å². The molecule has 0 aromatic rings. The van der Waals surface area contributed by atoms with E-state index >= 15 is 0 Å². The maximum absolute atomic E-state index is 5.04. The van der Waals surface area contributed by atoms with Crippen molar-refractivity contribution >= 4 is 0 Å². The predicted molar refractivity (Wildman–Crippen MR) is 64.2 cm³/mol. The molecule has 1 fully saturated rings. The Morgan fingerprint density at radius 2 is 2.27 bits per heavy atom. The molecule has 1 heterocycles. The quantitative estimate of drug-likeness (QED) is 0.675. The minimum atomic E-state index is 0.713. The molecule has 0 bridgehead atoms. The van der Waals surface area contributed by atoms with Crippen molar-refractivity contribution in [3.05, 3.63) is 0 Å². The van der Waals surface area contributed by atoms with E-state index in [2.05, 4.69) is 24.1 Å². The van der Waals surface area contributed by atoms with Crippen LogP contribution in [-0.2, 0) is 4.74 Å². The van der Waals surface area contributed by atoms with Gasteiger partial charge in [-0.2, -0.15) is 0 Å². The topological polar surface area (TPSA) is 24.5 Å². The molecular formula is C12H26N2O. The Hall–Kier alpha value is -0.120. The summed E-state index contributed by atoms with van der Waals surface area (Å²) in [4.78, 5) is 2.54. The highest BCUT2D eigenvalue weighted by Gasteiger charge is 2.24. The molecule has 0 spiro atoms. The SMILES string of the molecule is CCN1CCC(NCCCOC)C(C)C1. The van der Waals surface area contributed by atoms with E-state index in [4.69, 9.17) is 4.74 Å². The van der Waals surface area contributed by atoms with Gasteiger partial charge in [0.1, 0.15) is 0 Å². The van der Waals surface area contributed by atoms with E-state index in [9.17, 15) is 0 Å². The lowest BCUT2D eigenvalue weighted by Gasteiger charge is -2.36. The second-order valence-electron chi connectivity index (χ2n) is 4.57. The highest BCUT2D eigenvalue weighted by Crippen LogP contribution is 2.16. The van der Waals surface area contributed by atoms with E-state index < -0.39 is 0 Å². The van der Waals surface area contributed by atoms with Gasteiger partial charge in [0, 0.05) is 26.3 Å². The van der Waals surface area contributed by atoms with Crippen LogP contribution in [0, 0.1) is 5.92 Å².